The Morgan fingerprint density at radius 3 is 2.74 bits per heavy atom. The van der Waals surface area contributed by atoms with Crippen LogP contribution in [0.1, 0.15) is 23.7 Å². The lowest BCUT2D eigenvalue weighted by molar-refractivity contribution is -0.154. The average molecular weight is 332 g/mol. The van der Waals surface area contributed by atoms with Gasteiger partial charge in [-0.3, -0.25) is 4.79 Å². The van der Waals surface area contributed by atoms with Gasteiger partial charge < -0.3 is 15.2 Å². The lowest BCUT2D eigenvalue weighted by Crippen LogP contribution is -2.40. The van der Waals surface area contributed by atoms with Crippen LogP contribution in [0.3, 0.4) is 0 Å². The van der Waals surface area contributed by atoms with E-state index in [2.05, 4.69) is 15.0 Å². The van der Waals surface area contributed by atoms with E-state index in [-0.39, 0.29) is 17.9 Å². The summed E-state index contributed by atoms with van der Waals surface area (Å²) in [7, 11) is 0. The first-order valence-electron chi connectivity index (χ1n) is 6.53. The maximum Gasteiger partial charge on any atom is 0.422 e. The van der Waals surface area contributed by atoms with Crippen LogP contribution in [0, 0.1) is 0 Å². The van der Waals surface area contributed by atoms with Crippen LogP contribution >= 0.6 is 0 Å². The van der Waals surface area contributed by atoms with Crippen LogP contribution in [0.5, 0.6) is 5.88 Å². The molecule has 6 nitrogen and oxygen atoms in total. The molecule has 0 aromatic carbocycles. The van der Waals surface area contributed by atoms with Crippen molar-refractivity contribution in [3.8, 4) is 5.88 Å². The van der Waals surface area contributed by atoms with Crippen LogP contribution in [0.2, 0.25) is 0 Å². The molecule has 1 rings (SSSR count). The summed E-state index contributed by atoms with van der Waals surface area (Å²) >= 11 is 0. The molecule has 0 saturated carbocycles. The number of nitrogens with zero attached hydrogens (tertiary/aromatic N) is 1. The molecule has 1 heterocycles. The van der Waals surface area contributed by atoms with Crippen molar-refractivity contribution in [3.63, 3.8) is 0 Å². The number of hydrogen-bond donors (Lipinski definition) is 2. The maximum absolute atomic E-state index is 12.1. The Labute approximate surface area is 130 Å². The number of halogens is 3. The molecule has 0 fully saturated rings. The zero-order valence-electron chi connectivity index (χ0n) is 12.1. The van der Waals surface area contributed by atoms with Gasteiger partial charge in [0.25, 0.3) is 5.91 Å². The van der Waals surface area contributed by atoms with Gasteiger partial charge in [0, 0.05) is 17.8 Å². The molecular formula is C14H15F3N2O4. The Bertz CT molecular complexity index is 588. The number of alkyl halides is 3. The summed E-state index contributed by atoms with van der Waals surface area (Å²) < 4.78 is 40.7. The molecule has 0 bridgehead atoms. The number of carbonyl (C=O) groups excluding carboxylic acids is 1. The smallest absolute Gasteiger partial charge is 0.422 e. The highest BCUT2D eigenvalue weighted by Crippen LogP contribution is 2.17. The van der Waals surface area contributed by atoms with Crippen molar-refractivity contribution >= 4 is 11.9 Å². The fraction of sp³-hybridized carbons (Fsp3) is 0.357. The third-order valence-corrected chi connectivity index (χ3v) is 2.59. The number of nitrogens with one attached hydrogen (secondary N) is 1. The summed E-state index contributed by atoms with van der Waals surface area (Å²) in [5.74, 6) is -2.35. The Kier molecular flexibility index (Phi) is 6.55. The summed E-state index contributed by atoms with van der Waals surface area (Å²) in [4.78, 5) is 26.6. The van der Waals surface area contributed by atoms with E-state index in [1.54, 1.807) is 19.1 Å². The number of pyridine rings is 1. The van der Waals surface area contributed by atoms with Crippen LogP contribution in [0.15, 0.2) is 30.5 Å². The van der Waals surface area contributed by atoms with E-state index in [4.69, 9.17) is 5.11 Å². The van der Waals surface area contributed by atoms with Gasteiger partial charge in [0.15, 0.2) is 6.61 Å². The average Bonchev–Trinajstić information content (AvgIpc) is 2.48. The molecule has 23 heavy (non-hydrogen) atoms. The predicted octanol–water partition coefficient (Wildman–Crippen LogP) is 2.17. The Morgan fingerprint density at radius 1 is 1.48 bits per heavy atom. The molecule has 0 radical (unpaired) electrons. The van der Waals surface area contributed by atoms with Gasteiger partial charge in [-0.2, -0.15) is 13.2 Å². The summed E-state index contributed by atoms with van der Waals surface area (Å²) in [6.07, 6.45) is -0.135. The van der Waals surface area contributed by atoms with Crippen LogP contribution in [0.25, 0.3) is 0 Å². The molecule has 2 N–H and O–H groups in total. The number of amides is 1. The molecule has 126 valence electrons. The van der Waals surface area contributed by atoms with Gasteiger partial charge in [0.1, 0.15) is 6.04 Å². The quantitative estimate of drug-likeness (QED) is 0.747. The van der Waals surface area contributed by atoms with Crippen LogP contribution in [0.4, 0.5) is 13.2 Å². The molecule has 1 atom stereocenters. The number of carboxylic acids is 1. The minimum Gasteiger partial charge on any atom is -0.480 e. The summed E-state index contributed by atoms with van der Waals surface area (Å²) in [6, 6.07) is 1.10. The van der Waals surface area contributed by atoms with Gasteiger partial charge in [-0.15, -0.1) is 0 Å². The van der Waals surface area contributed by atoms with E-state index in [9.17, 15) is 22.8 Å². The molecule has 0 spiro atoms. The number of hydrogen-bond acceptors (Lipinski definition) is 4. The Balaban J connectivity index is 2.77. The zero-order chi connectivity index (χ0) is 17.5. The SMILES string of the molecule is C/C=C/CC(NC(=O)c1ccnc(OCC(F)(F)F)c1)C(=O)O. The van der Waals surface area contributed by atoms with Gasteiger partial charge in [0.05, 0.1) is 0 Å². The van der Waals surface area contributed by atoms with E-state index in [1.807, 2.05) is 0 Å². The normalized spacial score (nSPS) is 12.9. The molecule has 0 saturated heterocycles. The van der Waals surface area contributed by atoms with E-state index < -0.39 is 30.7 Å². The van der Waals surface area contributed by atoms with Crippen molar-refractivity contribution < 1.29 is 32.6 Å². The fourth-order valence-corrected chi connectivity index (χ4v) is 1.52. The number of aromatic nitrogens is 1. The minimum atomic E-state index is -4.53. The van der Waals surface area contributed by atoms with Crippen molar-refractivity contribution in [1.82, 2.24) is 10.3 Å². The van der Waals surface area contributed by atoms with E-state index in [1.165, 1.54) is 6.07 Å². The molecule has 0 aliphatic rings. The van der Waals surface area contributed by atoms with Crippen molar-refractivity contribution in [1.29, 1.82) is 0 Å². The first kappa shape index (κ1) is 18.5. The highest BCUT2D eigenvalue weighted by molar-refractivity contribution is 5.96. The molecule has 1 amide bonds. The van der Waals surface area contributed by atoms with E-state index >= 15 is 0 Å². The van der Waals surface area contributed by atoms with Crippen molar-refractivity contribution in [2.45, 2.75) is 25.6 Å². The number of ether oxygens (including phenoxy) is 1. The van der Waals surface area contributed by atoms with Gasteiger partial charge in [-0.1, -0.05) is 12.2 Å². The molecule has 9 heteroatoms. The van der Waals surface area contributed by atoms with E-state index in [0.717, 1.165) is 12.3 Å². The minimum absolute atomic E-state index is 0.0519. The summed E-state index contributed by atoms with van der Waals surface area (Å²) in [5, 5.41) is 11.3. The van der Waals surface area contributed by atoms with Crippen LogP contribution in [-0.2, 0) is 4.79 Å². The Hall–Kier alpha value is -2.58. The van der Waals surface area contributed by atoms with Crippen molar-refractivity contribution in [2.24, 2.45) is 0 Å². The highest BCUT2D eigenvalue weighted by atomic mass is 19.4. The summed E-state index contributed by atoms with van der Waals surface area (Å²) in [5.41, 5.74) is -0.0519. The van der Waals surface area contributed by atoms with Gasteiger partial charge in [0.2, 0.25) is 5.88 Å². The van der Waals surface area contributed by atoms with Gasteiger partial charge in [-0.05, 0) is 19.4 Å². The zero-order valence-corrected chi connectivity index (χ0v) is 12.1. The Morgan fingerprint density at radius 2 is 2.17 bits per heavy atom. The third kappa shape index (κ3) is 6.81. The number of rotatable bonds is 7. The molecular weight excluding hydrogens is 317 g/mol. The first-order chi connectivity index (χ1) is 10.7. The number of aliphatic carboxylic acids is 1. The molecule has 1 aromatic heterocycles. The number of allylic oxidation sites excluding steroid dienone is 1. The molecule has 1 unspecified atom stereocenters. The first-order valence-corrected chi connectivity index (χ1v) is 6.53. The maximum atomic E-state index is 12.1. The van der Waals surface area contributed by atoms with Crippen molar-refractivity contribution in [2.75, 3.05) is 6.61 Å². The summed E-state index contributed by atoms with van der Waals surface area (Å²) in [6.45, 7) is 0.165. The monoisotopic (exact) mass is 332 g/mol. The van der Waals surface area contributed by atoms with E-state index in [0.29, 0.717) is 0 Å². The molecule has 0 aliphatic heterocycles. The number of carboxylic acid groups (broad SMARTS) is 1. The van der Waals surface area contributed by atoms with Crippen molar-refractivity contribution in [3.05, 3.63) is 36.0 Å². The standard InChI is InChI=1S/C14H15F3N2O4/c1-2-3-4-10(13(21)22)19-12(20)9-5-6-18-11(7-9)23-8-14(15,16)17/h2-3,5-7,10H,4,8H2,1H3,(H,19,20)(H,21,22)/b3-2+. The van der Waals surface area contributed by atoms with Crippen LogP contribution in [-0.4, -0.2) is 40.8 Å². The number of carbonyl (C=O) groups is 2. The lowest BCUT2D eigenvalue weighted by Gasteiger charge is -2.13. The second-order valence-electron chi connectivity index (χ2n) is 4.46. The van der Waals surface area contributed by atoms with Crippen LogP contribution < -0.4 is 10.1 Å². The third-order valence-electron chi connectivity index (χ3n) is 2.59. The lowest BCUT2D eigenvalue weighted by atomic mass is 10.1. The predicted molar refractivity (Wildman–Crippen MR) is 74.1 cm³/mol. The van der Waals surface area contributed by atoms with Gasteiger partial charge >= 0.3 is 12.1 Å². The molecule has 0 aliphatic carbocycles. The second-order valence-corrected chi connectivity index (χ2v) is 4.46. The second kappa shape index (κ2) is 8.16. The van der Waals surface area contributed by atoms with Gasteiger partial charge in [-0.25, -0.2) is 9.78 Å². The fourth-order valence-electron chi connectivity index (χ4n) is 1.52. The molecule has 1 aromatic rings. The topological polar surface area (TPSA) is 88.5 Å². The highest BCUT2D eigenvalue weighted by Gasteiger charge is 2.28. The largest absolute Gasteiger partial charge is 0.480 e.